The van der Waals surface area contributed by atoms with Crippen LogP contribution in [-0.4, -0.2) is 47.5 Å². The molecule has 0 fully saturated rings. The molecule has 14 heavy (non-hydrogen) atoms. The zero-order valence-electron chi connectivity index (χ0n) is 7.47. The monoisotopic (exact) mass is 199 g/mol. The number of aliphatic carboxylic acids is 1. The number of carboxylic acid groups (broad SMARTS) is 1. The highest BCUT2D eigenvalue weighted by atomic mass is 16.5. The first-order valence-electron chi connectivity index (χ1n) is 3.85. The van der Waals surface area contributed by atoms with Gasteiger partial charge in [-0.25, -0.2) is 4.79 Å². The fourth-order valence-corrected chi connectivity index (χ4v) is 1.13. The quantitative estimate of drug-likeness (QED) is 0.588. The summed E-state index contributed by atoms with van der Waals surface area (Å²) in [7, 11) is 1.30. The largest absolute Gasteiger partial charge is 0.480 e. The van der Waals surface area contributed by atoms with Crippen molar-refractivity contribution in [3.8, 4) is 0 Å². The molecular formula is C8H9NO5. The lowest BCUT2D eigenvalue weighted by Gasteiger charge is -2.21. The molecule has 0 aliphatic carbocycles. The molecule has 0 aromatic heterocycles. The van der Waals surface area contributed by atoms with Gasteiger partial charge in [0.15, 0.2) is 6.04 Å². The Labute approximate surface area is 79.8 Å². The lowest BCUT2D eigenvalue weighted by molar-refractivity contribution is -0.155. The van der Waals surface area contributed by atoms with Gasteiger partial charge in [-0.05, 0) is 0 Å². The first-order valence-corrected chi connectivity index (χ1v) is 3.85. The van der Waals surface area contributed by atoms with E-state index in [1.54, 1.807) is 0 Å². The van der Waals surface area contributed by atoms with Gasteiger partial charge >= 0.3 is 5.97 Å². The number of imide groups is 1. The van der Waals surface area contributed by atoms with Gasteiger partial charge in [0.2, 0.25) is 0 Å². The second-order valence-corrected chi connectivity index (χ2v) is 2.69. The molecule has 1 rings (SSSR count). The van der Waals surface area contributed by atoms with Crippen LogP contribution in [0.1, 0.15) is 0 Å². The molecule has 0 bridgehead atoms. The fourth-order valence-electron chi connectivity index (χ4n) is 1.13. The Kier molecular flexibility index (Phi) is 2.98. The SMILES string of the molecule is COCC(C(=O)O)N1C(=O)C=CC1=O. The lowest BCUT2D eigenvalue weighted by atomic mass is 10.3. The van der Waals surface area contributed by atoms with Crippen molar-refractivity contribution in [1.29, 1.82) is 0 Å². The summed E-state index contributed by atoms with van der Waals surface area (Å²) in [5, 5.41) is 8.75. The smallest absolute Gasteiger partial charge is 0.329 e. The van der Waals surface area contributed by atoms with Crippen LogP contribution in [0.15, 0.2) is 12.2 Å². The molecule has 0 radical (unpaired) electrons. The molecule has 1 N–H and O–H groups in total. The highest BCUT2D eigenvalue weighted by Crippen LogP contribution is 2.09. The summed E-state index contributed by atoms with van der Waals surface area (Å²) in [6, 6.07) is -1.25. The first-order chi connectivity index (χ1) is 6.57. The van der Waals surface area contributed by atoms with E-state index in [1.807, 2.05) is 0 Å². The number of rotatable bonds is 4. The number of hydrogen-bond donors (Lipinski definition) is 1. The van der Waals surface area contributed by atoms with E-state index in [0.717, 1.165) is 12.2 Å². The summed E-state index contributed by atoms with van der Waals surface area (Å²) >= 11 is 0. The Morgan fingerprint density at radius 2 is 2.00 bits per heavy atom. The third kappa shape index (κ3) is 1.80. The molecule has 2 amide bonds. The molecule has 6 nitrogen and oxygen atoms in total. The van der Waals surface area contributed by atoms with Crippen molar-refractivity contribution in [2.24, 2.45) is 0 Å². The fraction of sp³-hybridized carbons (Fsp3) is 0.375. The minimum Gasteiger partial charge on any atom is -0.480 e. The van der Waals surface area contributed by atoms with Crippen molar-refractivity contribution in [3.05, 3.63) is 12.2 Å². The third-order valence-corrected chi connectivity index (χ3v) is 1.76. The molecule has 1 unspecified atom stereocenters. The number of amides is 2. The summed E-state index contributed by atoms with van der Waals surface area (Å²) in [5.74, 6) is -2.52. The number of hydrogen-bond acceptors (Lipinski definition) is 4. The highest BCUT2D eigenvalue weighted by Gasteiger charge is 2.35. The minimum absolute atomic E-state index is 0.214. The summed E-state index contributed by atoms with van der Waals surface area (Å²) in [6.45, 7) is -0.214. The molecule has 0 aromatic rings. The van der Waals surface area contributed by atoms with Crippen LogP contribution >= 0.6 is 0 Å². The van der Waals surface area contributed by atoms with Gasteiger partial charge < -0.3 is 9.84 Å². The van der Waals surface area contributed by atoms with Gasteiger partial charge in [0.25, 0.3) is 11.8 Å². The maximum atomic E-state index is 11.1. The molecule has 1 aliphatic heterocycles. The average Bonchev–Trinajstić information content (AvgIpc) is 2.43. The van der Waals surface area contributed by atoms with E-state index in [0.29, 0.717) is 4.90 Å². The van der Waals surface area contributed by atoms with Gasteiger partial charge in [-0.15, -0.1) is 0 Å². The van der Waals surface area contributed by atoms with E-state index >= 15 is 0 Å². The van der Waals surface area contributed by atoms with E-state index in [1.165, 1.54) is 7.11 Å². The Morgan fingerprint density at radius 1 is 1.50 bits per heavy atom. The van der Waals surface area contributed by atoms with E-state index in [-0.39, 0.29) is 6.61 Å². The molecule has 0 aromatic carbocycles. The van der Waals surface area contributed by atoms with Crippen LogP contribution in [0.3, 0.4) is 0 Å². The molecule has 6 heteroatoms. The van der Waals surface area contributed by atoms with E-state index < -0.39 is 23.8 Å². The average molecular weight is 199 g/mol. The molecule has 0 spiro atoms. The number of nitrogens with zero attached hydrogens (tertiary/aromatic N) is 1. The van der Waals surface area contributed by atoms with Crippen LogP contribution < -0.4 is 0 Å². The Morgan fingerprint density at radius 3 is 2.36 bits per heavy atom. The molecule has 0 saturated heterocycles. The second-order valence-electron chi connectivity index (χ2n) is 2.69. The molecule has 76 valence electrons. The second kappa shape index (κ2) is 4.01. The van der Waals surface area contributed by atoms with Gasteiger partial charge in [0.1, 0.15) is 0 Å². The van der Waals surface area contributed by atoms with E-state index in [9.17, 15) is 14.4 Å². The predicted molar refractivity (Wildman–Crippen MR) is 44.3 cm³/mol. The third-order valence-electron chi connectivity index (χ3n) is 1.76. The summed E-state index contributed by atoms with van der Waals surface area (Å²) in [4.78, 5) is 33.6. The first kappa shape index (κ1) is 10.4. The number of carbonyl (C=O) groups is 3. The summed E-state index contributed by atoms with van der Waals surface area (Å²) < 4.78 is 4.62. The van der Waals surface area contributed by atoms with Crippen molar-refractivity contribution in [1.82, 2.24) is 4.90 Å². The van der Waals surface area contributed by atoms with Crippen LogP contribution in [0.2, 0.25) is 0 Å². The zero-order valence-corrected chi connectivity index (χ0v) is 7.47. The number of carboxylic acids is 1. The van der Waals surface area contributed by atoms with Crippen LogP contribution in [-0.2, 0) is 19.1 Å². The van der Waals surface area contributed by atoms with Gasteiger partial charge in [0, 0.05) is 19.3 Å². The summed E-state index contributed by atoms with van der Waals surface area (Å²) in [5.41, 5.74) is 0. The molecule has 1 heterocycles. The van der Waals surface area contributed by atoms with Gasteiger partial charge in [0.05, 0.1) is 6.61 Å². The molecular weight excluding hydrogens is 190 g/mol. The van der Waals surface area contributed by atoms with Crippen molar-refractivity contribution < 1.29 is 24.2 Å². The Hall–Kier alpha value is -1.69. The van der Waals surface area contributed by atoms with Crippen molar-refractivity contribution >= 4 is 17.8 Å². The number of methoxy groups -OCH3 is 1. The molecule has 1 aliphatic rings. The van der Waals surface area contributed by atoms with Crippen molar-refractivity contribution in [2.45, 2.75) is 6.04 Å². The highest BCUT2D eigenvalue weighted by molar-refractivity contribution is 6.14. The van der Waals surface area contributed by atoms with Gasteiger partial charge in [-0.2, -0.15) is 0 Å². The maximum Gasteiger partial charge on any atom is 0.329 e. The molecule has 0 saturated carbocycles. The zero-order chi connectivity index (χ0) is 10.7. The van der Waals surface area contributed by atoms with Crippen LogP contribution in [0, 0.1) is 0 Å². The Balaban J connectivity index is 2.83. The normalized spacial score (nSPS) is 17.6. The van der Waals surface area contributed by atoms with E-state index in [4.69, 9.17) is 5.11 Å². The number of ether oxygens (including phenoxy) is 1. The van der Waals surface area contributed by atoms with Gasteiger partial charge in [-0.1, -0.05) is 0 Å². The predicted octanol–water partition coefficient (Wildman–Crippen LogP) is -0.989. The number of carbonyl (C=O) groups excluding carboxylic acids is 2. The molecule has 1 atom stereocenters. The van der Waals surface area contributed by atoms with Crippen molar-refractivity contribution in [3.63, 3.8) is 0 Å². The van der Waals surface area contributed by atoms with Crippen molar-refractivity contribution in [2.75, 3.05) is 13.7 Å². The lowest BCUT2D eigenvalue weighted by Crippen LogP contribution is -2.47. The van der Waals surface area contributed by atoms with Crippen LogP contribution in [0.25, 0.3) is 0 Å². The van der Waals surface area contributed by atoms with Crippen LogP contribution in [0.5, 0.6) is 0 Å². The minimum atomic E-state index is -1.27. The Bertz CT molecular complexity index is 291. The standard InChI is InChI=1S/C8H9NO5/c1-14-4-5(8(12)13)9-6(10)2-3-7(9)11/h2-3,5H,4H2,1H3,(H,12,13). The summed E-state index contributed by atoms with van der Waals surface area (Å²) in [6.07, 6.45) is 2.07. The van der Waals surface area contributed by atoms with Gasteiger partial charge in [-0.3, -0.25) is 14.5 Å². The topological polar surface area (TPSA) is 83.9 Å². The van der Waals surface area contributed by atoms with Crippen LogP contribution in [0.4, 0.5) is 0 Å². The maximum absolute atomic E-state index is 11.1. The van der Waals surface area contributed by atoms with E-state index in [2.05, 4.69) is 4.74 Å².